The number of anilines is 1. The first kappa shape index (κ1) is 15.0. The van der Waals surface area contributed by atoms with E-state index in [0.29, 0.717) is 23.7 Å². The molecule has 18 heavy (non-hydrogen) atoms. The van der Waals surface area contributed by atoms with Crippen LogP contribution in [0, 0.1) is 3.57 Å². The van der Waals surface area contributed by atoms with Crippen molar-refractivity contribution in [2.75, 3.05) is 11.9 Å². The first-order chi connectivity index (χ1) is 8.49. The van der Waals surface area contributed by atoms with Crippen LogP contribution in [0.5, 0.6) is 0 Å². The lowest BCUT2D eigenvalue weighted by molar-refractivity contribution is -0.137. The van der Waals surface area contributed by atoms with Gasteiger partial charge in [0.1, 0.15) is 0 Å². The normalized spacial score (nSPS) is 9.89. The van der Waals surface area contributed by atoms with Crippen LogP contribution in [0.1, 0.15) is 12.8 Å². The largest absolute Gasteiger partial charge is 0.481 e. The zero-order valence-electron chi connectivity index (χ0n) is 9.37. The first-order valence-electron chi connectivity index (χ1n) is 5.20. The summed E-state index contributed by atoms with van der Waals surface area (Å²) in [7, 11) is 0. The molecule has 0 aliphatic carbocycles. The minimum Gasteiger partial charge on any atom is -0.481 e. The van der Waals surface area contributed by atoms with Gasteiger partial charge in [-0.15, -0.1) is 0 Å². The molecule has 3 N–H and O–H groups in total. The van der Waals surface area contributed by atoms with Gasteiger partial charge in [0.15, 0.2) is 0 Å². The van der Waals surface area contributed by atoms with Crippen LogP contribution in [0.4, 0.5) is 10.5 Å². The van der Waals surface area contributed by atoms with Crippen molar-refractivity contribution in [1.29, 1.82) is 0 Å². The predicted octanol–water partition coefficient (Wildman–Crippen LogP) is 2.93. The zero-order chi connectivity index (χ0) is 13.5. The van der Waals surface area contributed by atoms with E-state index in [1.54, 1.807) is 12.1 Å². The van der Waals surface area contributed by atoms with Crippen molar-refractivity contribution in [2.24, 2.45) is 0 Å². The number of amides is 2. The highest BCUT2D eigenvalue weighted by Gasteiger charge is 2.06. The third-order valence-electron chi connectivity index (χ3n) is 2.03. The number of halogens is 2. The number of carboxylic acid groups (broad SMARTS) is 1. The zero-order valence-corrected chi connectivity index (χ0v) is 12.3. The number of urea groups is 1. The molecule has 5 nitrogen and oxygen atoms in total. The quantitative estimate of drug-likeness (QED) is 0.541. The van der Waals surface area contributed by atoms with Crippen LogP contribution in [-0.4, -0.2) is 23.7 Å². The summed E-state index contributed by atoms with van der Waals surface area (Å²) in [5.41, 5.74) is 0.527. The molecule has 0 aliphatic rings. The number of carbonyl (C=O) groups is 2. The van der Waals surface area contributed by atoms with E-state index in [9.17, 15) is 9.59 Å². The molecule has 98 valence electrons. The number of nitrogens with one attached hydrogen (secondary N) is 2. The van der Waals surface area contributed by atoms with E-state index < -0.39 is 12.0 Å². The van der Waals surface area contributed by atoms with Crippen LogP contribution in [0.25, 0.3) is 0 Å². The number of rotatable bonds is 5. The van der Waals surface area contributed by atoms with Gasteiger partial charge in [-0.2, -0.15) is 0 Å². The number of aliphatic carboxylic acids is 1. The molecule has 0 spiro atoms. The molecule has 0 saturated carbocycles. The maximum absolute atomic E-state index is 11.5. The second-order valence-corrected chi connectivity index (χ2v) is 5.16. The fourth-order valence-electron chi connectivity index (χ4n) is 1.20. The Balaban J connectivity index is 2.40. The average Bonchev–Trinajstić information content (AvgIpc) is 2.29. The highest BCUT2D eigenvalue weighted by Crippen LogP contribution is 2.23. The van der Waals surface area contributed by atoms with Crippen molar-refractivity contribution in [2.45, 2.75) is 12.8 Å². The molecular weight excluding hydrogens is 370 g/mol. The van der Waals surface area contributed by atoms with Gasteiger partial charge in [0.2, 0.25) is 0 Å². The Morgan fingerprint density at radius 2 is 2.11 bits per heavy atom. The van der Waals surface area contributed by atoms with Crippen molar-refractivity contribution in [1.82, 2.24) is 5.32 Å². The van der Waals surface area contributed by atoms with Crippen LogP contribution < -0.4 is 10.6 Å². The Kier molecular flexibility index (Phi) is 6.20. The summed E-state index contributed by atoms with van der Waals surface area (Å²) in [4.78, 5) is 21.8. The predicted molar refractivity (Wildman–Crippen MR) is 78.1 cm³/mol. The standard InChI is InChI=1S/C11H12ClIN2O3/c12-8-4-3-7(13)6-9(8)15-11(18)14-5-1-2-10(16)17/h3-4,6H,1-2,5H2,(H,16,17)(H2,14,15,18). The third-order valence-corrected chi connectivity index (χ3v) is 3.03. The van der Waals surface area contributed by atoms with Crippen LogP contribution >= 0.6 is 34.2 Å². The van der Waals surface area contributed by atoms with E-state index >= 15 is 0 Å². The molecule has 0 bridgehead atoms. The number of hydrogen-bond acceptors (Lipinski definition) is 2. The molecule has 7 heteroatoms. The fraction of sp³-hybridized carbons (Fsp3) is 0.273. The highest BCUT2D eigenvalue weighted by molar-refractivity contribution is 14.1. The summed E-state index contributed by atoms with van der Waals surface area (Å²) in [6.07, 6.45) is 0.424. The molecular formula is C11H12ClIN2O3. The summed E-state index contributed by atoms with van der Waals surface area (Å²) in [6, 6.07) is 4.88. The number of carboxylic acids is 1. The van der Waals surface area contributed by atoms with Gasteiger partial charge in [-0.1, -0.05) is 11.6 Å². The molecule has 0 aliphatic heterocycles. The molecule has 0 aromatic heterocycles. The molecule has 1 aromatic rings. The lowest BCUT2D eigenvalue weighted by Gasteiger charge is -2.08. The van der Waals surface area contributed by atoms with E-state index in [-0.39, 0.29) is 6.42 Å². The van der Waals surface area contributed by atoms with Gasteiger partial charge >= 0.3 is 12.0 Å². The lowest BCUT2D eigenvalue weighted by Crippen LogP contribution is -2.29. The Hall–Kier alpha value is -1.02. The van der Waals surface area contributed by atoms with Gasteiger partial charge in [0.05, 0.1) is 10.7 Å². The van der Waals surface area contributed by atoms with Crippen LogP contribution in [0.15, 0.2) is 18.2 Å². The van der Waals surface area contributed by atoms with Gasteiger partial charge in [0.25, 0.3) is 0 Å². The van der Waals surface area contributed by atoms with Gasteiger partial charge in [-0.25, -0.2) is 4.79 Å². The molecule has 0 heterocycles. The lowest BCUT2D eigenvalue weighted by atomic mass is 10.3. The molecule has 0 saturated heterocycles. The maximum atomic E-state index is 11.5. The fourth-order valence-corrected chi connectivity index (χ4v) is 1.86. The first-order valence-corrected chi connectivity index (χ1v) is 6.66. The van der Waals surface area contributed by atoms with E-state index in [4.69, 9.17) is 16.7 Å². The molecule has 1 aromatic carbocycles. The van der Waals surface area contributed by atoms with Crippen molar-refractivity contribution >= 4 is 51.9 Å². The summed E-state index contributed by atoms with van der Waals surface area (Å²) in [6.45, 7) is 0.305. The number of benzene rings is 1. The maximum Gasteiger partial charge on any atom is 0.319 e. The number of carbonyl (C=O) groups excluding carboxylic acids is 1. The van der Waals surface area contributed by atoms with Crippen LogP contribution in [0.2, 0.25) is 5.02 Å². The van der Waals surface area contributed by atoms with Crippen LogP contribution in [-0.2, 0) is 4.79 Å². The monoisotopic (exact) mass is 382 g/mol. The average molecular weight is 383 g/mol. The SMILES string of the molecule is O=C(O)CCCNC(=O)Nc1cc(I)ccc1Cl. The summed E-state index contributed by atoms with van der Waals surface area (Å²) >= 11 is 8.03. The summed E-state index contributed by atoms with van der Waals surface area (Å²) in [5.74, 6) is -0.877. The van der Waals surface area contributed by atoms with E-state index in [1.807, 2.05) is 6.07 Å². The molecule has 0 atom stereocenters. The number of hydrogen-bond donors (Lipinski definition) is 3. The summed E-state index contributed by atoms with van der Waals surface area (Å²) < 4.78 is 0.957. The summed E-state index contributed by atoms with van der Waals surface area (Å²) in [5, 5.41) is 14.1. The molecule has 2 amide bonds. The van der Waals surface area contributed by atoms with Crippen molar-refractivity contribution in [3.05, 3.63) is 26.8 Å². The molecule has 0 unspecified atom stereocenters. The molecule has 0 radical (unpaired) electrons. The Morgan fingerprint density at radius 1 is 1.39 bits per heavy atom. The smallest absolute Gasteiger partial charge is 0.319 e. The van der Waals surface area contributed by atoms with Crippen molar-refractivity contribution < 1.29 is 14.7 Å². The van der Waals surface area contributed by atoms with Gasteiger partial charge in [-0.05, 0) is 47.2 Å². The van der Waals surface area contributed by atoms with Crippen LogP contribution in [0.3, 0.4) is 0 Å². The third kappa shape index (κ3) is 5.54. The molecule has 1 rings (SSSR count). The second-order valence-electron chi connectivity index (χ2n) is 3.50. The Morgan fingerprint density at radius 3 is 2.78 bits per heavy atom. The molecule has 0 fully saturated rings. The minimum atomic E-state index is -0.877. The van der Waals surface area contributed by atoms with Crippen molar-refractivity contribution in [3.63, 3.8) is 0 Å². The van der Waals surface area contributed by atoms with Gasteiger partial charge in [-0.3, -0.25) is 4.79 Å². The van der Waals surface area contributed by atoms with Gasteiger partial charge < -0.3 is 15.7 Å². The Labute approximate surface area is 123 Å². The minimum absolute atomic E-state index is 0.0320. The topological polar surface area (TPSA) is 78.4 Å². The van der Waals surface area contributed by atoms with Gasteiger partial charge in [0, 0.05) is 16.5 Å². The van der Waals surface area contributed by atoms with Crippen molar-refractivity contribution in [3.8, 4) is 0 Å². The van der Waals surface area contributed by atoms with E-state index in [0.717, 1.165) is 3.57 Å². The van der Waals surface area contributed by atoms with E-state index in [2.05, 4.69) is 33.2 Å². The Bertz CT molecular complexity index is 454. The second kappa shape index (κ2) is 7.42. The van der Waals surface area contributed by atoms with E-state index in [1.165, 1.54) is 0 Å². The highest BCUT2D eigenvalue weighted by atomic mass is 127.